The number of rotatable bonds is 2. The average Bonchev–Trinajstić information content (AvgIpc) is 2.46. The molecule has 94 valence electrons. The maximum Gasteiger partial charge on any atom is 0.129 e. The summed E-state index contributed by atoms with van der Waals surface area (Å²) < 4.78 is 0. The van der Waals surface area contributed by atoms with Crippen LogP contribution in [0.1, 0.15) is 17.2 Å². The molecule has 3 rings (SSSR count). The van der Waals surface area contributed by atoms with Crippen LogP contribution in [0.25, 0.3) is 10.8 Å². The molecule has 0 saturated carbocycles. The molecule has 2 aromatic heterocycles. The lowest BCUT2D eigenvalue weighted by Gasteiger charge is -2.14. The number of aromatic nitrogens is 2. The average molecular weight is 271 g/mol. The molecule has 0 aliphatic carbocycles. The van der Waals surface area contributed by atoms with Crippen LogP contribution in [0.4, 0.5) is 0 Å². The first-order valence-corrected chi connectivity index (χ1v) is 6.25. The molecule has 0 amide bonds. The minimum Gasteiger partial charge on any atom is -0.384 e. The summed E-state index contributed by atoms with van der Waals surface area (Å²) in [5.41, 5.74) is 1.53. The van der Waals surface area contributed by atoms with Crippen molar-refractivity contribution < 1.29 is 5.11 Å². The fourth-order valence-corrected chi connectivity index (χ4v) is 2.32. The molecule has 0 spiro atoms. The molecule has 0 fully saturated rings. The van der Waals surface area contributed by atoms with E-state index in [0.29, 0.717) is 5.15 Å². The van der Waals surface area contributed by atoms with Crippen LogP contribution >= 0.6 is 11.6 Å². The molecule has 3 nitrogen and oxygen atoms in total. The van der Waals surface area contributed by atoms with Crippen LogP contribution in [0, 0.1) is 0 Å². The van der Waals surface area contributed by atoms with Crippen molar-refractivity contribution >= 4 is 22.4 Å². The molecule has 2 heterocycles. The molecule has 0 radical (unpaired) electrons. The van der Waals surface area contributed by atoms with Crippen molar-refractivity contribution in [3.63, 3.8) is 0 Å². The Morgan fingerprint density at radius 1 is 1.11 bits per heavy atom. The molecular formula is C15H11ClN2O. The number of halogens is 1. The Labute approximate surface area is 115 Å². The van der Waals surface area contributed by atoms with Gasteiger partial charge < -0.3 is 5.11 Å². The Balaban J connectivity index is 2.14. The molecule has 3 aromatic rings. The highest BCUT2D eigenvalue weighted by atomic mass is 35.5. The van der Waals surface area contributed by atoms with E-state index in [0.717, 1.165) is 21.9 Å². The SMILES string of the molecule is OC(c1ccnc(Cl)c1)c1cccc2ccncc12. The first kappa shape index (κ1) is 12.1. The maximum atomic E-state index is 10.5. The molecule has 0 aliphatic heterocycles. The smallest absolute Gasteiger partial charge is 0.129 e. The molecule has 0 aliphatic rings. The van der Waals surface area contributed by atoms with Gasteiger partial charge in [-0.1, -0.05) is 29.8 Å². The summed E-state index contributed by atoms with van der Waals surface area (Å²) in [5.74, 6) is 0. The normalized spacial score (nSPS) is 12.5. The molecule has 1 atom stereocenters. The fraction of sp³-hybridized carbons (Fsp3) is 0.0667. The molecule has 4 heteroatoms. The fourth-order valence-electron chi connectivity index (χ4n) is 2.14. The predicted molar refractivity (Wildman–Crippen MR) is 75.1 cm³/mol. The maximum absolute atomic E-state index is 10.5. The van der Waals surface area contributed by atoms with E-state index in [4.69, 9.17) is 11.6 Å². The largest absolute Gasteiger partial charge is 0.384 e. The van der Waals surface area contributed by atoms with Crippen molar-refractivity contribution in [2.24, 2.45) is 0 Å². The molecule has 1 aromatic carbocycles. The standard InChI is InChI=1S/C15H11ClN2O/c16-14-8-11(5-7-18-14)15(19)12-3-1-2-10-4-6-17-9-13(10)12/h1-9,15,19H. The lowest BCUT2D eigenvalue weighted by molar-refractivity contribution is 0.222. The third-order valence-corrected chi connectivity index (χ3v) is 3.29. The predicted octanol–water partition coefficient (Wildman–Crippen LogP) is 3.36. The van der Waals surface area contributed by atoms with Crippen LogP contribution in [0.3, 0.4) is 0 Å². The molecule has 0 saturated heterocycles. The van der Waals surface area contributed by atoms with Crippen LogP contribution in [0.2, 0.25) is 5.15 Å². The number of hydrogen-bond donors (Lipinski definition) is 1. The zero-order valence-corrected chi connectivity index (χ0v) is 10.7. The van der Waals surface area contributed by atoms with Gasteiger partial charge >= 0.3 is 0 Å². The van der Waals surface area contributed by atoms with Crippen molar-refractivity contribution in [2.45, 2.75) is 6.10 Å². The van der Waals surface area contributed by atoms with Gasteiger partial charge in [-0.25, -0.2) is 4.98 Å². The zero-order valence-electron chi connectivity index (χ0n) is 9.99. The summed E-state index contributed by atoms with van der Waals surface area (Å²) in [7, 11) is 0. The Hall–Kier alpha value is -1.97. The first-order chi connectivity index (χ1) is 9.25. The summed E-state index contributed by atoms with van der Waals surface area (Å²) in [5, 5.41) is 12.9. The molecule has 19 heavy (non-hydrogen) atoms. The van der Waals surface area contributed by atoms with E-state index in [9.17, 15) is 5.11 Å². The van der Waals surface area contributed by atoms with E-state index in [1.807, 2.05) is 24.3 Å². The second-order valence-corrected chi connectivity index (χ2v) is 4.65. The molecular weight excluding hydrogens is 260 g/mol. The van der Waals surface area contributed by atoms with Crippen molar-refractivity contribution in [1.29, 1.82) is 0 Å². The second-order valence-electron chi connectivity index (χ2n) is 4.26. The number of nitrogens with zero attached hydrogens (tertiary/aromatic N) is 2. The van der Waals surface area contributed by atoms with E-state index in [-0.39, 0.29) is 0 Å². The van der Waals surface area contributed by atoms with E-state index >= 15 is 0 Å². The van der Waals surface area contributed by atoms with E-state index in [1.165, 1.54) is 0 Å². The van der Waals surface area contributed by atoms with Gasteiger partial charge in [-0.05, 0) is 34.7 Å². The molecule has 0 bridgehead atoms. The van der Waals surface area contributed by atoms with Crippen molar-refractivity contribution in [2.75, 3.05) is 0 Å². The van der Waals surface area contributed by atoms with E-state index < -0.39 is 6.10 Å². The summed E-state index contributed by atoms with van der Waals surface area (Å²) in [6.45, 7) is 0. The highest BCUT2D eigenvalue weighted by Gasteiger charge is 2.13. The minimum atomic E-state index is -0.742. The monoisotopic (exact) mass is 270 g/mol. The summed E-state index contributed by atoms with van der Waals surface area (Å²) in [6.07, 6.45) is 4.34. The Morgan fingerprint density at radius 3 is 2.84 bits per heavy atom. The summed E-state index contributed by atoms with van der Waals surface area (Å²) >= 11 is 5.86. The minimum absolute atomic E-state index is 0.370. The highest BCUT2D eigenvalue weighted by Crippen LogP contribution is 2.28. The number of hydrogen-bond acceptors (Lipinski definition) is 3. The van der Waals surface area contributed by atoms with Crippen molar-refractivity contribution in [1.82, 2.24) is 9.97 Å². The summed E-state index contributed by atoms with van der Waals surface area (Å²) in [4.78, 5) is 8.04. The Morgan fingerprint density at radius 2 is 2.00 bits per heavy atom. The van der Waals surface area contributed by atoms with Crippen LogP contribution in [-0.2, 0) is 0 Å². The topological polar surface area (TPSA) is 46.0 Å². The number of fused-ring (bicyclic) bond motifs is 1. The quantitative estimate of drug-likeness (QED) is 0.726. The number of pyridine rings is 2. The number of benzene rings is 1. The van der Waals surface area contributed by atoms with Gasteiger partial charge in [0.25, 0.3) is 0 Å². The Kier molecular flexibility index (Phi) is 3.15. The van der Waals surface area contributed by atoms with Crippen LogP contribution in [0.5, 0.6) is 0 Å². The van der Waals surface area contributed by atoms with Crippen molar-refractivity contribution in [3.8, 4) is 0 Å². The third kappa shape index (κ3) is 2.30. The van der Waals surface area contributed by atoms with Gasteiger partial charge in [0.2, 0.25) is 0 Å². The van der Waals surface area contributed by atoms with Crippen molar-refractivity contribution in [3.05, 3.63) is 71.3 Å². The molecule has 1 N–H and O–H groups in total. The number of aliphatic hydroxyl groups excluding tert-OH is 1. The van der Waals surface area contributed by atoms with Gasteiger partial charge in [-0.15, -0.1) is 0 Å². The van der Waals surface area contributed by atoms with Gasteiger partial charge in [0, 0.05) is 24.0 Å². The van der Waals surface area contributed by atoms with Crippen LogP contribution < -0.4 is 0 Å². The highest BCUT2D eigenvalue weighted by molar-refractivity contribution is 6.29. The Bertz CT molecular complexity index is 725. The van der Waals surface area contributed by atoms with Gasteiger partial charge in [0.1, 0.15) is 11.3 Å². The zero-order chi connectivity index (χ0) is 13.2. The van der Waals surface area contributed by atoms with Gasteiger partial charge in [-0.2, -0.15) is 0 Å². The van der Waals surface area contributed by atoms with E-state index in [1.54, 1.807) is 30.7 Å². The van der Waals surface area contributed by atoms with Gasteiger partial charge in [-0.3, -0.25) is 4.98 Å². The first-order valence-electron chi connectivity index (χ1n) is 5.88. The van der Waals surface area contributed by atoms with Gasteiger partial charge in [0.15, 0.2) is 0 Å². The molecule has 1 unspecified atom stereocenters. The van der Waals surface area contributed by atoms with E-state index in [2.05, 4.69) is 9.97 Å². The van der Waals surface area contributed by atoms with Crippen LogP contribution in [-0.4, -0.2) is 15.1 Å². The van der Waals surface area contributed by atoms with Gasteiger partial charge in [0.05, 0.1) is 0 Å². The lowest BCUT2D eigenvalue weighted by Crippen LogP contribution is -2.01. The third-order valence-electron chi connectivity index (χ3n) is 3.08. The summed E-state index contributed by atoms with van der Waals surface area (Å²) in [6, 6.07) is 11.2. The van der Waals surface area contributed by atoms with Crippen LogP contribution in [0.15, 0.2) is 55.0 Å². The number of aliphatic hydroxyl groups is 1. The lowest BCUT2D eigenvalue weighted by atomic mass is 9.98. The second kappa shape index (κ2) is 4.96.